The highest BCUT2D eigenvalue weighted by Gasteiger charge is 2.21. The number of hydrogen-bond acceptors (Lipinski definition) is 3. The van der Waals surface area contributed by atoms with Crippen LogP contribution in [0.4, 0.5) is 0 Å². The summed E-state index contributed by atoms with van der Waals surface area (Å²) in [5.41, 5.74) is 0. The van der Waals surface area contributed by atoms with Crippen molar-refractivity contribution in [1.29, 1.82) is 0 Å². The fourth-order valence-electron chi connectivity index (χ4n) is 3.03. The molecule has 0 amide bonds. The first kappa shape index (κ1) is 12.3. The van der Waals surface area contributed by atoms with E-state index in [0.29, 0.717) is 6.04 Å². The van der Waals surface area contributed by atoms with Crippen LogP contribution in [0.25, 0.3) is 0 Å². The van der Waals surface area contributed by atoms with Gasteiger partial charge in [0.2, 0.25) is 0 Å². The summed E-state index contributed by atoms with van der Waals surface area (Å²) in [6, 6.07) is 1.44. The third-order valence-corrected chi connectivity index (χ3v) is 4.04. The van der Waals surface area contributed by atoms with Crippen LogP contribution in [0.15, 0.2) is 0 Å². The molecule has 0 aromatic heterocycles. The molecule has 0 radical (unpaired) electrons. The van der Waals surface area contributed by atoms with E-state index in [1.165, 1.54) is 51.9 Å². The molecule has 3 unspecified atom stereocenters. The molecule has 3 nitrogen and oxygen atoms in total. The predicted octanol–water partition coefficient (Wildman–Crippen LogP) is 1.06. The molecular formula is C13H27N3. The first-order valence-electron chi connectivity index (χ1n) is 6.89. The van der Waals surface area contributed by atoms with Gasteiger partial charge in [-0.1, -0.05) is 0 Å². The van der Waals surface area contributed by atoms with Gasteiger partial charge >= 0.3 is 0 Å². The van der Waals surface area contributed by atoms with E-state index in [2.05, 4.69) is 29.5 Å². The van der Waals surface area contributed by atoms with E-state index in [-0.39, 0.29) is 0 Å². The number of likely N-dealkylation sites (tertiary alicyclic amines) is 1. The zero-order chi connectivity index (χ0) is 11.4. The number of hydrogen-bond donors (Lipinski definition) is 2. The Morgan fingerprint density at radius 1 is 1.44 bits per heavy atom. The topological polar surface area (TPSA) is 27.3 Å². The van der Waals surface area contributed by atoms with Gasteiger partial charge in [-0.3, -0.25) is 0 Å². The Kier molecular flexibility index (Phi) is 4.62. The predicted molar refractivity (Wildman–Crippen MR) is 68.7 cm³/mol. The van der Waals surface area contributed by atoms with Gasteiger partial charge in [-0.15, -0.1) is 0 Å². The summed E-state index contributed by atoms with van der Waals surface area (Å²) in [7, 11) is 2.23. The van der Waals surface area contributed by atoms with E-state index in [1.807, 2.05) is 0 Å². The van der Waals surface area contributed by atoms with Gasteiger partial charge in [-0.05, 0) is 65.2 Å². The molecule has 0 aromatic rings. The summed E-state index contributed by atoms with van der Waals surface area (Å²) < 4.78 is 0. The Balaban J connectivity index is 1.58. The van der Waals surface area contributed by atoms with Crippen molar-refractivity contribution in [2.75, 3.05) is 33.2 Å². The van der Waals surface area contributed by atoms with Crippen LogP contribution in [0.2, 0.25) is 0 Å². The van der Waals surface area contributed by atoms with Gasteiger partial charge in [-0.2, -0.15) is 0 Å². The lowest BCUT2D eigenvalue weighted by atomic mass is 10.1. The molecule has 2 aliphatic rings. The minimum absolute atomic E-state index is 0.668. The fourth-order valence-corrected chi connectivity index (χ4v) is 3.03. The van der Waals surface area contributed by atoms with Crippen molar-refractivity contribution in [2.24, 2.45) is 5.92 Å². The van der Waals surface area contributed by atoms with Gasteiger partial charge in [0.1, 0.15) is 0 Å². The largest absolute Gasteiger partial charge is 0.314 e. The number of rotatable bonds is 5. The molecule has 2 aliphatic heterocycles. The molecule has 3 atom stereocenters. The van der Waals surface area contributed by atoms with E-state index in [4.69, 9.17) is 0 Å². The summed E-state index contributed by atoms with van der Waals surface area (Å²) in [5, 5.41) is 7.28. The van der Waals surface area contributed by atoms with E-state index in [0.717, 1.165) is 12.0 Å². The summed E-state index contributed by atoms with van der Waals surface area (Å²) in [6.45, 7) is 7.33. The van der Waals surface area contributed by atoms with Crippen LogP contribution in [-0.4, -0.2) is 50.2 Å². The molecular weight excluding hydrogens is 198 g/mol. The van der Waals surface area contributed by atoms with Crippen molar-refractivity contribution >= 4 is 0 Å². The minimum atomic E-state index is 0.668. The molecule has 0 aromatic carbocycles. The van der Waals surface area contributed by atoms with Gasteiger partial charge < -0.3 is 15.5 Å². The Morgan fingerprint density at radius 3 is 2.94 bits per heavy atom. The highest BCUT2D eigenvalue weighted by atomic mass is 15.1. The van der Waals surface area contributed by atoms with Crippen LogP contribution in [0, 0.1) is 5.92 Å². The van der Waals surface area contributed by atoms with Crippen molar-refractivity contribution in [3.8, 4) is 0 Å². The lowest BCUT2D eigenvalue weighted by Gasteiger charge is -2.20. The highest BCUT2D eigenvalue weighted by Crippen LogP contribution is 2.14. The van der Waals surface area contributed by atoms with Gasteiger partial charge in [0.05, 0.1) is 0 Å². The molecule has 2 saturated heterocycles. The average molecular weight is 225 g/mol. The maximum atomic E-state index is 3.71. The standard InChI is InChI=1S/C13H27N3/c1-11(8-13-4-3-6-14-13)15-9-12-5-7-16(2)10-12/h11-15H,3-10H2,1-2H3. The van der Waals surface area contributed by atoms with E-state index in [1.54, 1.807) is 0 Å². The van der Waals surface area contributed by atoms with E-state index in [9.17, 15) is 0 Å². The summed E-state index contributed by atoms with van der Waals surface area (Å²) in [4.78, 5) is 2.44. The van der Waals surface area contributed by atoms with Crippen LogP contribution in [0.5, 0.6) is 0 Å². The second-order valence-electron chi connectivity index (χ2n) is 5.76. The van der Waals surface area contributed by atoms with Crippen molar-refractivity contribution in [2.45, 2.75) is 44.7 Å². The van der Waals surface area contributed by atoms with Gasteiger partial charge in [-0.25, -0.2) is 0 Å². The molecule has 0 spiro atoms. The normalized spacial score (nSPS) is 33.4. The highest BCUT2D eigenvalue weighted by molar-refractivity contribution is 4.80. The van der Waals surface area contributed by atoms with Gasteiger partial charge in [0.15, 0.2) is 0 Å². The average Bonchev–Trinajstić information content (AvgIpc) is 2.87. The van der Waals surface area contributed by atoms with Crippen LogP contribution in [0.1, 0.15) is 32.6 Å². The quantitative estimate of drug-likeness (QED) is 0.732. The third-order valence-electron chi connectivity index (χ3n) is 4.04. The fraction of sp³-hybridized carbons (Fsp3) is 1.00. The number of nitrogens with zero attached hydrogens (tertiary/aromatic N) is 1. The van der Waals surface area contributed by atoms with Gasteiger partial charge in [0.25, 0.3) is 0 Å². The van der Waals surface area contributed by atoms with Crippen molar-refractivity contribution in [3.63, 3.8) is 0 Å². The van der Waals surface area contributed by atoms with Crippen molar-refractivity contribution < 1.29 is 0 Å². The van der Waals surface area contributed by atoms with Crippen LogP contribution in [-0.2, 0) is 0 Å². The molecule has 3 heteroatoms. The Hall–Kier alpha value is -0.120. The summed E-state index contributed by atoms with van der Waals surface area (Å²) >= 11 is 0. The van der Waals surface area contributed by atoms with Gasteiger partial charge in [0, 0.05) is 18.6 Å². The van der Waals surface area contributed by atoms with E-state index < -0.39 is 0 Å². The lowest BCUT2D eigenvalue weighted by Crippen LogP contribution is -2.36. The summed E-state index contributed by atoms with van der Waals surface area (Å²) in [5.74, 6) is 0.879. The second kappa shape index (κ2) is 5.99. The lowest BCUT2D eigenvalue weighted by molar-refractivity contribution is 0.369. The molecule has 16 heavy (non-hydrogen) atoms. The second-order valence-corrected chi connectivity index (χ2v) is 5.76. The Morgan fingerprint density at radius 2 is 2.31 bits per heavy atom. The maximum absolute atomic E-state index is 3.71. The van der Waals surface area contributed by atoms with Crippen LogP contribution < -0.4 is 10.6 Å². The van der Waals surface area contributed by atoms with E-state index >= 15 is 0 Å². The molecule has 0 bridgehead atoms. The monoisotopic (exact) mass is 225 g/mol. The SMILES string of the molecule is CC(CC1CCCN1)NCC1CCN(C)C1. The van der Waals surface area contributed by atoms with Crippen LogP contribution in [0.3, 0.4) is 0 Å². The van der Waals surface area contributed by atoms with Crippen LogP contribution >= 0.6 is 0 Å². The first-order chi connectivity index (χ1) is 7.74. The zero-order valence-corrected chi connectivity index (χ0v) is 10.8. The van der Waals surface area contributed by atoms with Crippen molar-refractivity contribution in [3.05, 3.63) is 0 Å². The summed E-state index contributed by atoms with van der Waals surface area (Å²) in [6.07, 6.45) is 5.41. The molecule has 0 aliphatic carbocycles. The maximum Gasteiger partial charge on any atom is 0.00822 e. The Bertz CT molecular complexity index is 201. The zero-order valence-electron chi connectivity index (χ0n) is 10.8. The minimum Gasteiger partial charge on any atom is -0.314 e. The molecule has 94 valence electrons. The molecule has 2 N–H and O–H groups in total. The first-order valence-corrected chi connectivity index (χ1v) is 6.89. The Labute approximate surface area is 100.0 Å². The molecule has 0 saturated carbocycles. The smallest absolute Gasteiger partial charge is 0.00822 e. The van der Waals surface area contributed by atoms with Crippen molar-refractivity contribution in [1.82, 2.24) is 15.5 Å². The molecule has 2 rings (SSSR count). The molecule has 2 heterocycles. The molecule has 2 fully saturated rings. The number of nitrogens with one attached hydrogen (secondary N) is 2. The third kappa shape index (κ3) is 3.72.